The second-order valence-corrected chi connectivity index (χ2v) is 11.0. The number of carbonyl (C=O) groups excluding carboxylic acids is 1. The van der Waals surface area contributed by atoms with E-state index < -0.39 is 12.0 Å². The molecule has 3 rings (SSSR count). The van der Waals surface area contributed by atoms with E-state index in [4.69, 9.17) is 9.47 Å². The molecular formula is C30H41NO5S. The van der Waals surface area contributed by atoms with Crippen LogP contribution in [0.1, 0.15) is 66.4 Å². The van der Waals surface area contributed by atoms with Crippen LogP contribution in [0.25, 0.3) is 11.1 Å². The number of nitrogens with one attached hydrogen (secondary N) is 1. The van der Waals surface area contributed by atoms with Crippen LogP contribution in [-0.4, -0.2) is 54.9 Å². The zero-order chi connectivity index (χ0) is 26.6. The Labute approximate surface area is 225 Å². The van der Waals surface area contributed by atoms with Crippen LogP contribution >= 0.6 is 11.8 Å². The molecule has 0 heterocycles. The highest BCUT2D eigenvalue weighted by Gasteiger charge is 2.23. The Morgan fingerprint density at radius 3 is 2.54 bits per heavy atom. The number of ether oxygens (including phenoxy) is 2. The number of aryl methyl sites for hydroxylation is 1. The fraction of sp³-hybridized carbons (Fsp3) is 0.533. The molecule has 0 unspecified atom stereocenters. The Morgan fingerprint density at radius 1 is 1.11 bits per heavy atom. The Kier molecular flexibility index (Phi) is 12.0. The van der Waals surface area contributed by atoms with Crippen molar-refractivity contribution in [2.24, 2.45) is 5.92 Å². The van der Waals surface area contributed by atoms with E-state index in [0.29, 0.717) is 36.9 Å². The second kappa shape index (κ2) is 15.2. The minimum absolute atomic E-state index is 0.0331. The first-order valence-corrected chi connectivity index (χ1v) is 14.6. The first-order valence-electron chi connectivity index (χ1n) is 13.2. The van der Waals surface area contributed by atoms with Crippen molar-refractivity contribution >= 4 is 23.6 Å². The molecule has 2 aromatic rings. The molecule has 0 radical (unpaired) electrons. The molecule has 2 atom stereocenters. The molecule has 37 heavy (non-hydrogen) atoms. The number of hydrogen-bond acceptors (Lipinski definition) is 5. The van der Waals surface area contributed by atoms with Gasteiger partial charge < -0.3 is 19.9 Å². The molecule has 1 aliphatic carbocycles. The predicted molar refractivity (Wildman–Crippen MR) is 150 cm³/mol. The van der Waals surface area contributed by atoms with Gasteiger partial charge in [0, 0.05) is 12.7 Å². The third kappa shape index (κ3) is 8.87. The number of carbonyl (C=O) groups is 2. The monoisotopic (exact) mass is 527 g/mol. The van der Waals surface area contributed by atoms with Gasteiger partial charge in [-0.15, -0.1) is 0 Å². The number of benzene rings is 2. The summed E-state index contributed by atoms with van der Waals surface area (Å²) in [6.07, 6.45) is 9.79. The van der Waals surface area contributed by atoms with Gasteiger partial charge in [-0.05, 0) is 72.1 Å². The van der Waals surface area contributed by atoms with Crippen molar-refractivity contribution in [3.05, 3.63) is 59.2 Å². The highest BCUT2D eigenvalue weighted by Crippen LogP contribution is 2.30. The summed E-state index contributed by atoms with van der Waals surface area (Å²) in [5.74, 6) is -0.0571. The standard InChI is InChI=1S/C30H41NO5S/c1-21-9-7-8-12-25(21)27-18-23(19-36-24(20-35-2)17-22-10-5-4-6-11-22)13-14-26(27)29(32)31-28(30(33)34)15-16-37-3/h7-9,12-14,18,22,24,28H,4-6,10-11,15-17,19-20H2,1-3H3,(H,31,32)(H,33,34)/t24-,28-/m0/s1. The lowest BCUT2D eigenvalue weighted by molar-refractivity contribution is -0.139. The molecule has 2 N–H and O–H groups in total. The molecule has 1 fully saturated rings. The fourth-order valence-corrected chi connectivity index (χ4v) is 5.56. The van der Waals surface area contributed by atoms with E-state index in [9.17, 15) is 14.7 Å². The van der Waals surface area contributed by atoms with E-state index in [1.54, 1.807) is 24.9 Å². The summed E-state index contributed by atoms with van der Waals surface area (Å²) in [4.78, 5) is 25.0. The maximum atomic E-state index is 13.3. The Bertz CT molecular complexity index is 1020. The SMILES string of the molecule is COC[C@H](CC1CCCCC1)OCc1ccc(C(=O)N[C@@H](CCSC)C(=O)O)c(-c2ccccc2C)c1. The molecule has 1 aliphatic rings. The molecule has 6 nitrogen and oxygen atoms in total. The lowest BCUT2D eigenvalue weighted by atomic mass is 9.85. The van der Waals surface area contributed by atoms with Crippen molar-refractivity contribution < 1.29 is 24.2 Å². The molecule has 0 aliphatic heterocycles. The van der Waals surface area contributed by atoms with Crippen LogP contribution in [0, 0.1) is 12.8 Å². The summed E-state index contributed by atoms with van der Waals surface area (Å²) >= 11 is 1.56. The van der Waals surface area contributed by atoms with Crippen molar-refractivity contribution in [2.75, 3.05) is 25.7 Å². The van der Waals surface area contributed by atoms with Crippen molar-refractivity contribution in [3.8, 4) is 11.1 Å². The third-order valence-electron chi connectivity index (χ3n) is 7.14. The van der Waals surface area contributed by atoms with E-state index in [2.05, 4.69) is 5.32 Å². The predicted octanol–water partition coefficient (Wildman–Crippen LogP) is 6.10. The average molecular weight is 528 g/mol. The highest BCUT2D eigenvalue weighted by atomic mass is 32.2. The van der Waals surface area contributed by atoms with E-state index in [1.165, 1.54) is 32.1 Å². The number of rotatable bonds is 14. The van der Waals surface area contributed by atoms with Gasteiger partial charge in [-0.1, -0.05) is 62.4 Å². The maximum Gasteiger partial charge on any atom is 0.326 e. The first-order chi connectivity index (χ1) is 17.9. The second-order valence-electron chi connectivity index (χ2n) is 9.97. The molecule has 0 spiro atoms. The molecule has 0 bridgehead atoms. The molecule has 0 aromatic heterocycles. The van der Waals surface area contributed by atoms with Crippen LogP contribution in [0.15, 0.2) is 42.5 Å². The van der Waals surface area contributed by atoms with Gasteiger partial charge >= 0.3 is 5.97 Å². The van der Waals surface area contributed by atoms with Crippen molar-refractivity contribution in [1.29, 1.82) is 0 Å². The zero-order valence-electron chi connectivity index (χ0n) is 22.3. The summed E-state index contributed by atoms with van der Waals surface area (Å²) in [6.45, 7) is 3.00. The minimum atomic E-state index is -1.02. The van der Waals surface area contributed by atoms with E-state index in [1.807, 2.05) is 49.6 Å². The van der Waals surface area contributed by atoms with Crippen LogP contribution < -0.4 is 5.32 Å². The van der Waals surface area contributed by atoms with Crippen LogP contribution in [0.5, 0.6) is 0 Å². The summed E-state index contributed by atoms with van der Waals surface area (Å²) in [5, 5.41) is 12.3. The van der Waals surface area contributed by atoms with Gasteiger partial charge in [-0.25, -0.2) is 4.79 Å². The molecule has 1 saturated carbocycles. The molecule has 202 valence electrons. The number of hydrogen-bond donors (Lipinski definition) is 2. The summed E-state index contributed by atoms with van der Waals surface area (Å²) in [7, 11) is 1.71. The highest BCUT2D eigenvalue weighted by molar-refractivity contribution is 7.98. The quantitative estimate of drug-likeness (QED) is 0.309. The molecule has 1 amide bonds. The number of carboxylic acid groups (broad SMARTS) is 1. The first kappa shape index (κ1) is 29.2. The Hall–Kier alpha value is -2.35. The van der Waals surface area contributed by atoms with Gasteiger partial charge in [0.25, 0.3) is 5.91 Å². The minimum Gasteiger partial charge on any atom is -0.480 e. The normalized spacial score (nSPS) is 15.8. The van der Waals surface area contributed by atoms with Crippen molar-refractivity contribution in [3.63, 3.8) is 0 Å². The largest absolute Gasteiger partial charge is 0.480 e. The van der Waals surface area contributed by atoms with Crippen LogP contribution in [0.3, 0.4) is 0 Å². The van der Waals surface area contributed by atoms with E-state index >= 15 is 0 Å². The number of aliphatic carboxylic acids is 1. The molecule has 7 heteroatoms. The summed E-state index contributed by atoms with van der Waals surface area (Å²) in [6, 6.07) is 12.7. The van der Waals surface area contributed by atoms with Crippen LogP contribution in [0.2, 0.25) is 0 Å². The maximum absolute atomic E-state index is 13.3. The zero-order valence-corrected chi connectivity index (χ0v) is 23.1. The van der Waals surface area contributed by atoms with Gasteiger partial charge in [0.15, 0.2) is 0 Å². The van der Waals surface area contributed by atoms with Gasteiger partial charge in [0.05, 0.1) is 19.3 Å². The lowest BCUT2D eigenvalue weighted by Crippen LogP contribution is -2.41. The van der Waals surface area contributed by atoms with E-state index in [0.717, 1.165) is 28.7 Å². The van der Waals surface area contributed by atoms with Gasteiger partial charge in [-0.3, -0.25) is 4.79 Å². The molecule has 0 saturated heterocycles. The number of methoxy groups -OCH3 is 1. The van der Waals surface area contributed by atoms with Gasteiger partial charge in [0.2, 0.25) is 0 Å². The Balaban J connectivity index is 1.82. The van der Waals surface area contributed by atoms with Gasteiger partial charge in [-0.2, -0.15) is 11.8 Å². The fourth-order valence-electron chi connectivity index (χ4n) is 5.08. The number of amides is 1. The van der Waals surface area contributed by atoms with Crippen molar-refractivity contribution in [2.45, 2.75) is 70.6 Å². The average Bonchev–Trinajstić information content (AvgIpc) is 2.90. The summed E-state index contributed by atoms with van der Waals surface area (Å²) in [5.41, 5.74) is 4.20. The molecule has 2 aromatic carbocycles. The van der Waals surface area contributed by atoms with E-state index in [-0.39, 0.29) is 12.0 Å². The van der Waals surface area contributed by atoms with Gasteiger partial charge in [0.1, 0.15) is 6.04 Å². The lowest BCUT2D eigenvalue weighted by Gasteiger charge is -2.26. The third-order valence-corrected chi connectivity index (χ3v) is 7.78. The number of thioether (sulfide) groups is 1. The van der Waals surface area contributed by atoms with Crippen molar-refractivity contribution in [1.82, 2.24) is 5.32 Å². The summed E-state index contributed by atoms with van der Waals surface area (Å²) < 4.78 is 11.8. The smallest absolute Gasteiger partial charge is 0.326 e. The molecular weight excluding hydrogens is 486 g/mol. The van der Waals surface area contributed by atoms with Crippen LogP contribution in [-0.2, 0) is 20.9 Å². The number of carboxylic acids is 1. The Morgan fingerprint density at radius 2 is 1.86 bits per heavy atom. The van der Waals surface area contributed by atoms with Crippen LogP contribution in [0.4, 0.5) is 0 Å². The topological polar surface area (TPSA) is 84.9 Å².